The summed E-state index contributed by atoms with van der Waals surface area (Å²) < 4.78 is 25.8. The quantitative estimate of drug-likeness (QED) is 0.787. The van der Waals surface area contributed by atoms with Gasteiger partial charge in [-0.25, -0.2) is 8.42 Å². The third-order valence-electron chi connectivity index (χ3n) is 4.53. The van der Waals surface area contributed by atoms with Crippen LogP contribution in [0.3, 0.4) is 0 Å². The Bertz CT molecular complexity index is 906. The molecule has 0 saturated carbocycles. The maximum Gasteiger partial charge on any atom is 0.241 e. The molecule has 0 heterocycles. The van der Waals surface area contributed by atoms with Crippen molar-refractivity contribution >= 4 is 21.6 Å². The van der Waals surface area contributed by atoms with E-state index in [0.717, 1.165) is 34.9 Å². The lowest BCUT2D eigenvalue weighted by Gasteiger charge is -2.25. The minimum Gasteiger partial charge on any atom is -0.348 e. The first kappa shape index (κ1) is 21.0. The van der Waals surface area contributed by atoms with Crippen LogP contribution in [0.1, 0.15) is 41.6 Å². The maximum absolute atomic E-state index is 12.6. The fraction of sp³-hybridized carbons (Fsp3) is 0.381. The largest absolute Gasteiger partial charge is 0.348 e. The highest BCUT2D eigenvalue weighted by atomic mass is 32.2. The lowest BCUT2D eigenvalue weighted by Crippen LogP contribution is -2.41. The number of anilines is 1. The monoisotopic (exact) mass is 388 g/mol. The van der Waals surface area contributed by atoms with E-state index < -0.39 is 10.0 Å². The van der Waals surface area contributed by atoms with Crippen molar-refractivity contribution in [3.63, 3.8) is 0 Å². The lowest BCUT2D eigenvalue weighted by molar-refractivity contribution is -0.120. The lowest BCUT2D eigenvalue weighted by atomic mass is 10.0. The van der Waals surface area contributed by atoms with Gasteiger partial charge >= 0.3 is 0 Å². The molecule has 1 atom stereocenters. The van der Waals surface area contributed by atoms with Crippen molar-refractivity contribution in [2.75, 3.05) is 17.1 Å². The van der Waals surface area contributed by atoms with Crippen LogP contribution < -0.4 is 9.62 Å². The molecule has 6 heteroatoms. The summed E-state index contributed by atoms with van der Waals surface area (Å²) in [4.78, 5) is 12.6. The minimum atomic E-state index is -3.59. The van der Waals surface area contributed by atoms with Crippen LogP contribution in [0.15, 0.2) is 42.5 Å². The third-order valence-corrected chi connectivity index (χ3v) is 5.66. The number of hydrogen-bond donors (Lipinski definition) is 1. The molecule has 1 amide bonds. The van der Waals surface area contributed by atoms with Gasteiger partial charge in [-0.05, 0) is 44.4 Å². The summed E-state index contributed by atoms with van der Waals surface area (Å²) in [6.07, 6.45) is 1.84. The standard InChI is InChI=1S/C21H28N2O3S/c1-6-19(18-10-7-15(2)8-11-18)22-21(24)14-23(27(5,25)26)20-12-9-16(3)13-17(20)4/h7-13,19H,6,14H2,1-5H3,(H,22,24)/t19-/m0/s1. The molecule has 0 aromatic heterocycles. The highest BCUT2D eigenvalue weighted by Crippen LogP contribution is 2.24. The SMILES string of the molecule is CC[C@H](NC(=O)CN(c1ccc(C)cc1C)S(C)(=O)=O)c1ccc(C)cc1. The van der Waals surface area contributed by atoms with Gasteiger partial charge in [-0.1, -0.05) is 54.4 Å². The van der Waals surface area contributed by atoms with Gasteiger partial charge in [0.1, 0.15) is 6.54 Å². The molecule has 1 N–H and O–H groups in total. The molecular formula is C21H28N2O3S. The smallest absolute Gasteiger partial charge is 0.241 e. The predicted octanol–water partition coefficient (Wildman–Crippen LogP) is 3.65. The molecule has 0 fully saturated rings. The summed E-state index contributed by atoms with van der Waals surface area (Å²) in [6.45, 7) is 7.55. The first-order valence-corrected chi connectivity index (χ1v) is 10.9. The number of amides is 1. The molecule has 5 nitrogen and oxygen atoms in total. The topological polar surface area (TPSA) is 66.5 Å². The van der Waals surface area contributed by atoms with Gasteiger partial charge in [0.2, 0.25) is 15.9 Å². The van der Waals surface area contributed by atoms with Gasteiger partial charge in [-0.15, -0.1) is 0 Å². The Kier molecular flexibility index (Phi) is 6.65. The van der Waals surface area contributed by atoms with Crippen LogP contribution >= 0.6 is 0 Å². The molecule has 0 bridgehead atoms. The Balaban J connectivity index is 2.22. The van der Waals surface area contributed by atoms with Crippen LogP contribution in [0.4, 0.5) is 5.69 Å². The second-order valence-electron chi connectivity index (χ2n) is 7.00. The molecule has 2 aromatic carbocycles. The van der Waals surface area contributed by atoms with E-state index in [0.29, 0.717) is 5.69 Å². The molecule has 0 spiro atoms. The zero-order valence-electron chi connectivity index (χ0n) is 16.6. The van der Waals surface area contributed by atoms with E-state index in [2.05, 4.69) is 5.32 Å². The van der Waals surface area contributed by atoms with E-state index in [4.69, 9.17) is 0 Å². The Morgan fingerprint density at radius 1 is 1.04 bits per heavy atom. The molecule has 0 saturated heterocycles. The Labute approximate surface area is 162 Å². The Hall–Kier alpha value is -2.34. The van der Waals surface area contributed by atoms with Crippen molar-refractivity contribution in [1.82, 2.24) is 5.32 Å². The molecule has 0 aliphatic rings. The number of nitrogens with one attached hydrogen (secondary N) is 1. The number of carbonyl (C=O) groups excluding carboxylic acids is 1. The molecule has 146 valence electrons. The van der Waals surface area contributed by atoms with Crippen molar-refractivity contribution < 1.29 is 13.2 Å². The number of aryl methyl sites for hydroxylation is 3. The summed E-state index contributed by atoms with van der Waals surface area (Å²) in [5, 5.41) is 2.96. The number of hydrogen-bond acceptors (Lipinski definition) is 3. The molecular weight excluding hydrogens is 360 g/mol. The van der Waals surface area contributed by atoms with Crippen LogP contribution in [0.2, 0.25) is 0 Å². The van der Waals surface area contributed by atoms with Crippen LogP contribution in [-0.4, -0.2) is 27.1 Å². The number of sulfonamides is 1. The summed E-state index contributed by atoms with van der Waals surface area (Å²) >= 11 is 0. The van der Waals surface area contributed by atoms with Gasteiger partial charge in [-0.3, -0.25) is 9.10 Å². The Morgan fingerprint density at radius 3 is 2.15 bits per heavy atom. The molecule has 2 aromatic rings. The molecule has 27 heavy (non-hydrogen) atoms. The van der Waals surface area contributed by atoms with Crippen molar-refractivity contribution in [3.05, 3.63) is 64.7 Å². The summed E-state index contributed by atoms with van der Waals surface area (Å²) in [5.74, 6) is -0.326. The van der Waals surface area contributed by atoms with Crippen LogP contribution in [-0.2, 0) is 14.8 Å². The first-order chi connectivity index (χ1) is 12.6. The van der Waals surface area contributed by atoms with E-state index in [1.165, 1.54) is 4.31 Å². The summed E-state index contributed by atoms with van der Waals surface area (Å²) in [5.41, 5.74) is 4.55. The minimum absolute atomic E-state index is 0.154. The molecule has 2 rings (SSSR count). The number of benzene rings is 2. The average Bonchev–Trinajstić information content (AvgIpc) is 2.58. The summed E-state index contributed by atoms with van der Waals surface area (Å²) in [6, 6.07) is 13.3. The van der Waals surface area contributed by atoms with E-state index >= 15 is 0 Å². The van der Waals surface area contributed by atoms with E-state index in [-0.39, 0.29) is 18.5 Å². The predicted molar refractivity (Wildman–Crippen MR) is 110 cm³/mol. The normalized spacial score (nSPS) is 12.5. The zero-order valence-corrected chi connectivity index (χ0v) is 17.4. The average molecular weight is 389 g/mol. The van der Waals surface area contributed by atoms with Gasteiger partial charge in [0.15, 0.2) is 0 Å². The second kappa shape index (κ2) is 8.57. The van der Waals surface area contributed by atoms with Crippen molar-refractivity contribution in [3.8, 4) is 0 Å². The fourth-order valence-electron chi connectivity index (χ4n) is 3.06. The number of nitrogens with zero attached hydrogens (tertiary/aromatic N) is 1. The van der Waals surface area contributed by atoms with Gasteiger partial charge in [-0.2, -0.15) is 0 Å². The molecule has 0 radical (unpaired) electrons. The van der Waals surface area contributed by atoms with Crippen molar-refractivity contribution in [1.29, 1.82) is 0 Å². The van der Waals surface area contributed by atoms with Crippen molar-refractivity contribution in [2.45, 2.75) is 40.2 Å². The van der Waals surface area contributed by atoms with Crippen LogP contribution in [0.5, 0.6) is 0 Å². The molecule has 0 unspecified atom stereocenters. The number of rotatable bonds is 7. The van der Waals surface area contributed by atoms with Crippen LogP contribution in [0.25, 0.3) is 0 Å². The van der Waals surface area contributed by atoms with Gasteiger partial charge in [0, 0.05) is 0 Å². The maximum atomic E-state index is 12.6. The third kappa shape index (κ3) is 5.57. The second-order valence-corrected chi connectivity index (χ2v) is 8.91. The van der Waals surface area contributed by atoms with E-state index in [9.17, 15) is 13.2 Å². The highest BCUT2D eigenvalue weighted by Gasteiger charge is 2.23. The molecule has 0 aliphatic carbocycles. The number of carbonyl (C=O) groups is 1. The summed E-state index contributed by atoms with van der Waals surface area (Å²) in [7, 11) is -3.59. The first-order valence-electron chi connectivity index (χ1n) is 9.02. The van der Waals surface area contributed by atoms with Crippen LogP contribution in [0, 0.1) is 20.8 Å². The fourth-order valence-corrected chi connectivity index (χ4v) is 3.97. The van der Waals surface area contributed by atoms with Crippen molar-refractivity contribution in [2.24, 2.45) is 0 Å². The highest BCUT2D eigenvalue weighted by molar-refractivity contribution is 7.92. The zero-order chi connectivity index (χ0) is 20.2. The van der Waals surface area contributed by atoms with E-state index in [1.54, 1.807) is 6.07 Å². The van der Waals surface area contributed by atoms with Gasteiger partial charge < -0.3 is 5.32 Å². The van der Waals surface area contributed by atoms with Gasteiger partial charge in [0.25, 0.3) is 0 Å². The van der Waals surface area contributed by atoms with E-state index in [1.807, 2.05) is 64.1 Å². The van der Waals surface area contributed by atoms with Gasteiger partial charge in [0.05, 0.1) is 18.0 Å². The molecule has 0 aliphatic heterocycles. The Morgan fingerprint density at radius 2 is 1.63 bits per heavy atom.